The fourth-order valence-corrected chi connectivity index (χ4v) is 1.82. The van der Waals surface area contributed by atoms with Crippen molar-refractivity contribution in [1.82, 2.24) is 4.98 Å². The van der Waals surface area contributed by atoms with Gasteiger partial charge in [0, 0.05) is 11.6 Å². The van der Waals surface area contributed by atoms with Crippen molar-refractivity contribution in [3.05, 3.63) is 23.8 Å². The zero-order chi connectivity index (χ0) is 12.5. The molecular weight excluding hydrogens is 214 g/mol. The summed E-state index contributed by atoms with van der Waals surface area (Å²) in [6.07, 6.45) is 12.4. The molecule has 3 nitrogen and oxygen atoms in total. The highest BCUT2D eigenvalue weighted by Gasteiger charge is 2.03. The van der Waals surface area contributed by atoms with Crippen molar-refractivity contribution in [2.24, 2.45) is 0 Å². The lowest BCUT2D eigenvalue weighted by molar-refractivity contribution is 0.423. The van der Waals surface area contributed by atoms with Crippen LogP contribution in [-0.2, 0) is 6.42 Å². The van der Waals surface area contributed by atoms with Gasteiger partial charge in [-0.2, -0.15) is 0 Å². The number of rotatable bonds is 8. The SMILES string of the molecule is CCCCCCCC=CCc1cc(O)[nH]c1O. The van der Waals surface area contributed by atoms with E-state index in [9.17, 15) is 5.11 Å². The molecule has 0 fully saturated rings. The predicted octanol–water partition coefficient (Wildman–Crippen LogP) is 3.89. The zero-order valence-electron chi connectivity index (χ0n) is 10.6. The van der Waals surface area contributed by atoms with Crippen molar-refractivity contribution in [2.45, 2.75) is 51.9 Å². The molecule has 96 valence electrons. The average molecular weight is 237 g/mol. The van der Waals surface area contributed by atoms with Gasteiger partial charge in [-0.15, -0.1) is 0 Å². The van der Waals surface area contributed by atoms with E-state index in [1.165, 1.54) is 32.1 Å². The van der Waals surface area contributed by atoms with Gasteiger partial charge in [-0.05, 0) is 19.3 Å². The van der Waals surface area contributed by atoms with Crippen LogP contribution in [0.25, 0.3) is 0 Å². The Morgan fingerprint density at radius 1 is 1.12 bits per heavy atom. The van der Waals surface area contributed by atoms with Crippen LogP contribution in [0, 0.1) is 0 Å². The van der Waals surface area contributed by atoms with E-state index in [0.717, 1.165) is 12.0 Å². The van der Waals surface area contributed by atoms with Gasteiger partial charge < -0.3 is 10.2 Å². The molecule has 0 unspecified atom stereocenters. The van der Waals surface area contributed by atoms with Crippen LogP contribution in [0.5, 0.6) is 11.8 Å². The molecule has 0 amide bonds. The van der Waals surface area contributed by atoms with Crippen molar-refractivity contribution in [3.63, 3.8) is 0 Å². The van der Waals surface area contributed by atoms with E-state index in [-0.39, 0.29) is 11.8 Å². The molecule has 0 radical (unpaired) electrons. The number of aromatic amines is 1. The smallest absolute Gasteiger partial charge is 0.194 e. The molecule has 0 aliphatic heterocycles. The summed E-state index contributed by atoms with van der Waals surface area (Å²) in [5, 5.41) is 18.5. The average Bonchev–Trinajstić information content (AvgIpc) is 2.61. The lowest BCUT2D eigenvalue weighted by Crippen LogP contribution is -1.78. The lowest BCUT2D eigenvalue weighted by atomic mass is 10.1. The second-order valence-electron chi connectivity index (χ2n) is 4.41. The zero-order valence-corrected chi connectivity index (χ0v) is 10.6. The number of hydrogen-bond donors (Lipinski definition) is 3. The Bertz CT molecular complexity index is 342. The summed E-state index contributed by atoms with van der Waals surface area (Å²) in [7, 11) is 0. The highest BCUT2D eigenvalue weighted by atomic mass is 16.3. The largest absolute Gasteiger partial charge is 0.495 e. The number of unbranched alkanes of at least 4 members (excludes halogenated alkanes) is 5. The topological polar surface area (TPSA) is 56.2 Å². The summed E-state index contributed by atoms with van der Waals surface area (Å²) in [6, 6.07) is 1.56. The minimum absolute atomic E-state index is 0.0189. The van der Waals surface area contributed by atoms with Crippen LogP contribution in [0.15, 0.2) is 18.2 Å². The Hall–Kier alpha value is -1.38. The van der Waals surface area contributed by atoms with Gasteiger partial charge in [-0.1, -0.05) is 44.8 Å². The number of nitrogens with one attached hydrogen (secondary N) is 1. The van der Waals surface area contributed by atoms with Gasteiger partial charge in [-0.25, -0.2) is 0 Å². The van der Waals surface area contributed by atoms with E-state index in [4.69, 9.17) is 5.11 Å². The number of allylic oxidation sites excluding steroid dienone is 2. The first-order valence-corrected chi connectivity index (χ1v) is 6.49. The van der Waals surface area contributed by atoms with E-state index < -0.39 is 0 Å². The maximum atomic E-state index is 9.38. The van der Waals surface area contributed by atoms with Gasteiger partial charge in [0.25, 0.3) is 0 Å². The van der Waals surface area contributed by atoms with Crippen LogP contribution >= 0.6 is 0 Å². The van der Waals surface area contributed by atoms with Crippen LogP contribution in [0.1, 0.15) is 51.0 Å². The van der Waals surface area contributed by atoms with Gasteiger partial charge in [0.1, 0.15) is 0 Å². The number of aromatic hydroxyl groups is 2. The summed E-state index contributed by atoms with van der Waals surface area (Å²) in [5.41, 5.74) is 0.740. The van der Waals surface area contributed by atoms with Crippen molar-refractivity contribution in [2.75, 3.05) is 0 Å². The number of hydrogen-bond acceptors (Lipinski definition) is 2. The Kier molecular flexibility index (Phi) is 6.30. The van der Waals surface area contributed by atoms with E-state index in [0.29, 0.717) is 6.42 Å². The summed E-state index contributed by atoms with van der Waals surface area (Å²) in [6.45, 7) is 2.22. The molecule has 3 N–H and O–H groups in total. The second kappa shape index (κ2) is 7.82. The summed E-state index contributed by atoms with van der Waals surface area (Å²) in [5.74, 6) is 0.0839. The Morgan fingerprint density at radius 2 is 1.88 bits per heavy atom. The van der Waals surface area contributed by atoms with Crippen molar-refractivity contribution >= 4 is 0 Å². The van der Waals surface area contributed by atoms with Gasteiger partial charge >= 0.3 is 0 Å². The van der Waals surface area contributed by atoms with E-state index >= 15 is 0 Å². The number of H-pyrrole nitrogens is 1. The molecule has 0 atom stereocenters. The monoisotopic (exact) mass is 237 g/mol. The van der Waals surface area contributed by atoms with Crippen LogP contribution in [0.4, 0.5) is 0 Å². The quantitative estimate of drug-likeness (QED) is 0.474. The third-order valence-electron chi connectivity index (χ3n) is 2.84. The molecule has 0 aromatic carbocycles. The Labute approximate surface area is 103 Å². The molecule has 1 aromatic heterocycles. The second-order valence-corrected chi connectivity index (χ2v) is 4.41. The van der Waals surface area contributed by atoms with Gasteiger partial charge in [-0.3, -0.25) is 4.98 Å². The normalized spacial score (nSPS) is 11.4. The molecule has 3 heteroatoms. The minimum Gasteiger partial charge on any atom is -0.495 e. The summed E-state index contributed by atoms with van der Waals surface area (Å²) >= 11 is 0. The summed E-state index contributed by atoms with van der Waals surface area (Å²) in [4.78, 5) is 2.46. The van der Waals surface area contributed by atoms with Crippen LogP contribution < -0.4 is 0 Å². The molecule has 1 aromatic rings. The van der Waals surface area contributed by atoms with Gasteiger partial charge in [0.05, 0.1) is 0 Å². The first kappa shape index (κ1) is 13.7. The van der Waals surface area contributed by atoms with Crippen LogP contribution in [0.3, 0.4) is 0 Å². The lowest BCUT2D eigenvalue weighted by Gasteiger charge is -1.96. The predicted molar refractivity (Wildman–Crippen MR) is 70.3 cm³/mol. The molecular formula is C14H23NO2. The molecule has 0 bridgehead atoms. The summed E-state index contributed by atoms with van der Waals surface area (Å²) < 4.78 is 0. The van der Waals surface area contributed by atoms with Crippen molar-refractivity contribution in [1.29, 1.82) is 0 Å². The maximum absolute atomic E-state index is 9.38. The fourth-order valence-electron chi connectivity index (χ4n) is 1.82. The third-order valence-corrected chi connectivity index (χ3v) is 2.84. The van der Waals surface area contributed by atoms with Crippen molar-refractivity contribution < 1.29 is 10.2 Å². The first-order chi connectivity index (χ1) is 8.24. The highest BCUT2D eigenvalue weighted by molar-refractivity contribution is 5.34. The van der Waals surface area contributed by atoms with E-state index in [1.54, 1.807) is 6.07 Å². The van der Waals surface area contributed by atoms with E-state index in [2.05, 4.69) is 18.0 Å². The van der Waals surface area contributed by atoms with Crippen LogP contribution in [0.2, 0.25) is 0 Å². The molecule has 0 saturated carbocycles. The maximum Gasteiger partial charge on any atom is 0.194 e. The molecule has 0 saturated heterocycles. The third kappa shape index (κ3) is 5.48. The molecule has 17 heavy (non-hydrogen) atoms. The molecule has 1 rings (SSSR count). The van der Waals surface area contributed by atoms with Crippen molar-refractivity contribution in [3.8, 4) is 11.8 Å². The molecule has 0 aliphatic carbocycles. The Morgan fingerprint density at radius 3 is 2.53 bits per heavy atom. The highest BCUT2D eigenvalue weighted by Crippen LogP contribution is 2.22. The molecule has 0 aliphatic rings. The number of aromatic nitrogens is 1. The van der Waals surface area contributed by atoms with Gasteiger partial charge in [0.15, 0.2) is 11.8 Å². The van der Waals surface area contributed by atoms with Crippen LogP contribution in [-0.4, -0.2) is 15.2 Å². The first-order valence-electron chi connectivity index (χ1n) is 6.49. The van der Waals surface area contributed by atoms with E-state index in [1.807, 2.05) is 6.08 Å². The molecule has 1 heterocycles. The minimum atomic E-state index is 0.0189. The van der Waals surface area contributed by atoms with Gasteiger partial charge in [0.2, 0.25) is 0 Å². The Balaban J connectivity index is 2.12. The molecule has 0 spiro atoms. The standard InChI is InChI=1S/C14H23NO2/c1-2-3-4-5-6-7-8-9-10-12-11-13(16)15-14(12)17/h8-9,11,15-17H,2-7,10H2,1H3. The fraction of sp³-hybridized carbons (Fsp3) is 0.571.